The molecule has 1 aromatic rings. The second kappa shape index (κ2) is 12.2. The Balaban J connectivity index is 2.33. The normalized spacial score (nSPS) is 32.1. The molecule has 0 aliphatic carbocycles. The number of cyclic esters (lactones) is 1. The molecule has 7 heteroatoms. The molecule has 5 atom stereocenters. The lowest BCUT2D eigenvalue weighted by Crippen LogP contribution is -2.45. The molecule has 0 saturated carbocycles. The van der Waals surface area contributed by atoms with E-state index in [2.05, 4.69) is 18.0 Å². The van der Waals surface area contributed by atoms with E-state index in [9.17, 15) is 19.8 Å². The van der Waals surface area contributed by atoms with Crippen molar-refractivity contribution in [3.63, 3.8) is 0 Å². The van der Waals surface area contributed by atoms with Gasteiger partial charge in [0.1, 0.15) is 11.9 Å². The van der Waals surface area contributed by atoms with E-state index in [-0.39, 0.29) is 18.1 Å². The molecule has 34 heavy (non-hydrogen) atoms. The highest BCUT2D eigenvalue weighted by atomic mass is 32.1. The number of esters is 1. The van der Waals surface area contributed by atoms with Crippen molar-refractivity contribution in [3.05, 3.63) is 33.3 Å². The van der Waals surface area contributed by atoms with Crippen molar-refractivity contribution in [3.8, 4) is 0 Å². The maximum absolute atomic E-state index is 13.2. The Morgan fingerprint density at radius 2 is 1.91 bits per heavy atom. The number of aliphatic hydroxyl groups excluding tert-OH is 2. The molecule has 0 saturated heterocycles. The van der Waals surface area contributed by atoms with Crippen LogP contribution in [0.15, 0.2) is 22.6 Å². The molecule has 0 fully saturated rings. The number of aliphatic hydroxyl groups is 2. The molecule has 0 bridgehead atoms. The van der Waals surface area contributed by atoms with Gasteiger partial charge in [-0.2, -0.15) is 0 Å². The first-order valence-electron chi connectivity index (χ1n) is 12.2. The summed E-state index contributed by atoms with van der Waals surface area (Å²) in [6, 6.07) is 0. The van der Waals surface area contributed by atoms with E-state index in [0.29, 0.717) is 6.42 Å². The minimum atomic E-state index is -1.21. The zero-order valence-corrected chi connectivity index (χ0v) is 22.4. The van der Waals surface area contributed by atoms with Crippen LogP contribution in [0.2, 0.25) is 0 Å². The number of carbonyl (C=O) groups is 2. The summed E-state index contributed by atoms with van der Waals surface area (Å²) >= 11 is 1.56. The van der Waals surface area contributed by atoms with Gasteiger partial charge >= 0.3 is 5.97 Å². The predicted molar refractivity (Wildman–Crippen MR) is 136 cm³/mol. The highest BCUT2D eigenvalue weighted by Gasteiger charge is 2.42. The van der Waals surface area contributed by atoms with Crippen LogP contribution in [0.25, 0.3) is 6.08 Å². The van der Waals surface area contributed by atoms with E-state index in [0.717, 1.165) is 35.5 Å². The Kier molecular flexibility index (Phi) is 10.2. The van der Waals surface area contributed by atoms with E-state index in [4.69, 9.17) is 4.74 Å². The SMILES string of the molecule is C/C1=C/CC(/C(C)=C/c2csc(C)n2)OC(=O)C[C@H](O)C(C)(C)C(=O)C(C)C(O)C(C)CCC1. The van der Waals surface area contributed by atoms with Crippen LogP contribution < -0.4 is 0 Å². The maximum Gasteiger partial charge on any atom is 0.309 e. The van der Waals surface area contributed by atoms with Crippen molar-refractivity contribution in [1.82, 2.24) is 4.98 Å². The number of hydrogen-bond donors (Lipinski definition) is 2. The number of aryl methyl sites for hydroxylation is 1. The molecule has 1 aliphatic heterocycles. The number of nitrogens with zero attached hydrogens (tertiary/aromatic N) is 1. The molecule has 4 unspecified atom stereocenters. The zero-order valence-electron chi connectivity index (χ0n) is 21.6. The Labute approximate surface area is 208 Å². The number of Topliss-reactive ketones (excluding diaryl/α,β-unsaturated/α-hetero) is 1. The lowest BCUT2D eigenvalue weighted by molar-refractivity contribution is -0.154. The summed E-state index contributed by atoms with van der Waals surface area (Å²) in [5.74, 6) is -1.49. The van der Waals surface area contributed by atoms with Crippen LogP contribution in [-0.4, -0.2) is 45.3 Å². The van der Waals surface area contributed by atoms with Gasteiger partial charge in [0, 0.05) is 17.7 Å². The molecule has 0 amide bonds. The largest absolute Gasteiger partial charge is 0.457 e. The maximum atomic E-state index is 13.2. The van der Waals surface area contributed by atoms with E-state index in [1.807, 2.05) is 32.2 Å². The minimum absolute atomic E-state index is 0.0444. The summed E-state index contributed by atoms with van der Waals surface area (Å²) in [6.45, 7) is 12.8. The van der Waals surface area contributed by atoms with Gasteiger partial charge in [-0.25, -0.2) is 4.98 Å². The van der Waals surface area contributed by atoms with Crippen LogP contribution in [0, 0.1) is 24.2 Å². The van der Waals surface area contributed by atoms with Gasteiger partial charge in [0.2, 0.25) is 0 Å². The second-order valence-electron chi connectivity index (χ2n) is 10.4. The van der Waals surface area contributed by atoms with E-state index < -0.39 is 35.6 Å². The molecule has 0 spiro atoms. The van der Waals surface area contributed by atoms with Gasteiger partial charge in [0.25, 0.3) is 0 Å². The van der Waals surface area contributed by atoms with Gasteiger partial charge in [0.05, 0.1) is 34.7 Å². The minimum Gasteiger partial charge on any atom is -0.457 e. The van der Waals surface area contributed by atoms with Crippen LogP contribution >= 0.6 is 11.3 Å². The lowest BCUT2D eigenvalue weighted by atomic mass is 9.73. The number of ketones is 1. The fourth-order valence-electron chi connectivity index (χ4n) is 4.40. The Morgan fingerprint density at radius 1 is 1.24 bits per heavy atom. The summed E-state index contributed by atoms with van der Waals surface area (Å²) in [5.41, 5.74) is 1.71. The van der Waals surface area contributed by atoms with Crippen LogP contribution in [0.3, 0.4) is 0 Å². The Morgan fingerprint density at radius 3 is 2.53 bits per heavy atom. The molecule has 0 aromatic carbocycles. The monoisotopic (exact) mass is 491 g/mol. The van der Waals surface area contributed by atoms with Gasteiger partial charge in [-0.1, -0.05) is 39.3 Å². The summed E-state index contributed by atoms with van der Waals surface area (Å²) in [7, 11) is 0. The third-order valence-electron chi connectivity index (χ3n) is 7.04. The summed E-state index contributed by atoms with van der Waals surface area (Å²) in [5, 5.41) is 24.5. The smallest absolute Gasteiger partial charge is 0.309 e. The second-order valence-corrected chi connectivity index (χ2v) is 11.5. The third-order valence-corrected chi connectivity index (χ3v) is 7.83. The lowest BCUT2D eigenvalue weighted by Gasteiger charge is -2.34. The summed E-state index contributed by atoms with van der Waals surface area (Å²) < 4.78 is 5.81. The van der Waals surface area contributed by atoms with Crippen molar-refractivity contribution in [1.29, 1.82) is 0 Å². The van der Waals surface area contributed by atoms with Crippen LogP contribution in [-0.2, 0) is 14.3 Å². The average molecular weight is 492 g/mol. The number of ether oxygens (including phenoxy) is 1. The fraction of sp³-hybridized carbons (Fsp3) is 0.667. The first kappa shape index (κ1) is 28.4. The van der Waals surface area contributed by atoms with E-state index in [1.54, 1.807) is 32.1 Å². The summed E-state index contributed by atoms with van der Waals surface area (Å²) in [4.78, 5) is 30.5. The number of carbonyl (C=O) groups excluding carboxylic acids is 2. The molecule has 2 rings (SSSR count). The molecular formula is C27H41NO5S. The third kappa shape index (κ3) is 7.59. The topological polar surface area (TPSA) is 96.7 Å². The molecule has 0 radical (unpaired) electrons. The average Bonchev–Trinajstić information content (AvgIpc) is 3.18. The van der Waals surface area contributed by atoms with Gasteiger partial charge < -0.3 is 14.9 Å². The van der Waals surface area contributed by atoms with Gasteiger partial charge in [-0.15, -0.1) is 11.3 Å². The van der Waals surface area contributed by atoms with Gasteiger partial charge in [-0.05, 0) is 57.6 Å². The van der Waals surface area contributed by atoms with E-state index >= 15 is 0 Å². The van der Waals surface area contributed by atoms with Gasteiger partial charge in [0.15, 0.2) is 0 Å². The zero-order chi connectivity index (χ0) is 25.6. The Bertz CT molecular complexity index is 916. The fourth-order valence-corrected chi connectivity index (χ4v) is 4.97. The van der Waals surface area contributed by atoms with Crippen LogP contribution in [0.4, 0.5) is 0 Å². The first-order valence-corrected chi connectivity index (χ1v) is 13.1. The standard InChI is InChI=1S/C27H41NO5S/c1-16-9-8-10-17(2)25(31)19(4)26(32)27(6,7)23(29)14-24(30)33-22(12-11-16)18(3)13-21-15-34-20(5)28-21/h11,13,15,17,19,22-23,25,29,31H,8-10,12,14H2,1-7H3/b16-11-,18-13+/t17?,19?,22?,23-,25?/m0/s1. The van der Waals surface area contributed by atoms with Crippen molar-refractivity contribution in [2.24, 2.45) is 17.3 Å². The van der Waals surface area contributed by atoms with Crippen molar-refractivity contribution >= 4 is 29.2 Å². The first-order chi connectivity index (χ1) is 15.8. The van der Waals surface area contributed by atoms with Gasteiger partial charge in [-0.3, -0.25) is 9.59 Å². The molecule has 2 heterocycles. The highest BCUT2D eigenvalue weighted by Crippen LogP contribution is 2.32. The predicted octanol–water partition coefficient (Wildman–Crippen LogP) is 5.27. The number of rotatable bonds is 2. The molecule has 190 valence electrons. The van der Waals surface area contributed by atoms with Crippen molar-refractivity contribution in [2.45, 2.75) is 98.9 Å². The molecule has 2 N–H and O–H groups in total. The molecular weight excluding hydrogens is 450 g/mol. The molecule has 1 aliphatic rings. The van der Waals surface area contributed by atoms with Crippen molar-refractivity contribution in [2.75, 3.05) is 0 Å². The van der Waals surface area contributed by atoms with Crippen molar-refractivity contribution < 1.29 is 24.5 Å². The highest BCUT2D eigenvalue weighted by molar-refractivity contribution is 7.09. The number of hydrogen-bond acceptors (Lipinski definition) is 7. The van der Waals surface area contributed by atoms with Crippen LogP contribution in [0.1, 0.15) is 84.3 Å². The van der Waals surface area contributed by atoms with Crippen LogP contribution in [0.5, 0.6) is 0 Å². The number of thiazole rings is 1. The van der Waals surface area contributed by atoms with E-state index in [1.165, 1.54) is 5.57 Å². The summed E-state index contributed by atoms with van der Waals surface area (Å²) in [6.07, 6.45) is 4.33. The molecule has 1 aromatic heterocycles. The molecule has 6 nitrogen and oxygen atoms in total. The Hall–Kier alpha value is -1.83. The quantitative estimate of drug-likeness (QED) is 0.432. The number of aromatic nitrogens is 1. The number of allylic oxidation sites excluding steroid dienone is 1.